The van der Waals surface area contributed by atoms with Crippen LogP contribution in [0, 0.1) is 34.6 Å². The molecule has 7 nitrogen and oxygen atoms in total. The Morgan fingerprint density at radius 2 is 1.38 bits per heavy atom. The second kappa shape index (κ2) is 7.88. The minimum atomic E-state index is -4.11. The van der Waals surface area contributed by atoms with Crippen LogP contribution in [0.2, 0.25) is 0 Å². The summed E-state index contributed by atoms with van der Waals surface area (Å²) in [6, 6.07) is 0. The van der Waals surface area contributed by atoms with E-state index in [2.05, 4.69) is 11.9 Å². The molecular formula is C23H29NO6S2. The number of carbonyl (C=O) groups is 1. The summed E-state index contributed by atoms with van der Waals surface area (Å²) in [5.41, 5.74) is 6.08. The molecule has 1 aromatic rings. The summed E-state index contributed by atoms with van der Waals surface area (Å²) < 4.78 is 57.5. The van der Waals surface area contributed by atoms with Gasteiger partial charge in [0.05, 0.1) is 39.9 Å². The predicted molar refractivity (Wildman–Crippen MR) is 124 cm³/mol. The molecule has 3 rings (SSSR count). The molecule has 0 saturated heterocycles. The van der Waals surface area contributed by atoms with Gasteiger partial charge in [0.1, 0.15) is 0 Å². The van der Waals surface area contributed by atoms with Gasteiger partial charge in [-0.15, -0.1) is 0 Å². The lowest BCUT2D eigenvalue weighted by molar-refractivity contribution is -0.136. The number of hydrogen-bond donors (Lipinski definition) is 1. The summed E-state index contributed by atoms with van der Waals surface area (Å²) in [7, 11) is -6.76. The average molecular weight is 480 g/mol. The normalized spacial score (nSPS) is 22.2. The highest BCUT2D eigenvalue weighted by molar-refractivity contribution is 8.00. The van der Waals surface area contributed by atoms with Gasteiger partial charge < -0.3 is 10.1 Å². The number of hydrogen-bond acceptors (Lipinski definition) is 7. The molecule has 0 bridgehead atoms. The van der Waals surface area contributed by atoms with Gasteiger partial charge in [-0.25, -0.2) is 21.6 Å². The molecule has 2 aliphatic rings. The molecular weight excluding hydrogens is 450 g/mol. The zero-order valence-corrected chi connectivity index (χ0v) is 21.1. The summed E-state index contributed by atoms with van der Waals surface area (Å²) in [5.74, 6) is -2.89. The Hall–Kier alpha value is -2.39. The van der Waals surface area contributed by atoms with Crippen LogP contribution in [0.3, 0.4) is 0 Å². The van der Waals surface area contributed by atoms with Crippen molar-refractivity contribution < 1.29 is 26.4 Å². The Morgan fingerprint density at radius 3 is 1.88 bits per heavy atom. The first-order chi connectivity index (χ1) is 14.7. The van der Waals surface area contributed by atoms with Crippen LogP contribution >= 0.6 is 0 Å². The van der Waals surface area contributed by atoms with Crippen LogP contribution in [-0.4, -0.2) is 41.4 Å². The molecule has 0 aromatic heterocycles. The maximum Gasteiger partial charge on any atom is 0.336 e. The van der Waals surface area contributed by atoms with E-state index in [1.165, 1.54) is 7.11 Å². The third-order valence-corrected chi connectivity index (χ3v) is 10.6. The fourth-order valence-electron chi connectivity index (χ4n) is 4.64. The smallest absolute Gasteiger partial charge is 0.336 e. The minimum absolute atomic E-state index is 0.0634. The van der Waals surface area contributed by atoms with Crippen molar-refractivity contribution in [2.45, 2.75) is 47.5 Å². The molecule has 1 unspecified atom stereocenters. The Morgan fingerprint density at radius 1 is 0.875 bits per heavy atom. The van der Waals surface area contributed by atoms with E-state index in [-0.39, 0.29) is 21.1 Å². The Labute approximate surface area is 190 Å². The van der Waals surface area contributed by atoms with Gasteiger partial charge in [-0.2, -0.15) is 0 Å². The van der Waals surface area contributed by atoms with Crippen molar-refractivity contribution in [3.63, 3.8) is 0 Å². The van der Waals surface area contributed by atoms with Crippen LogP contribution in [0.5, 0.6) is 0 Å². The van der Waals surface area contributed by atoms with E-state index in [4.69, 9.17) is 4.74 Å². The van der Waals surface area contributed by atoms with E-state index in [1.54, 1.807) is 6.92 Å². The number of nitrogens with one attached hydrogen (secondary N) is 1. The van der Waals surface area contributed by atoms with Crippen LogP contribution in [0.1, 0.15) is 46.2 Å². The lowest BCUT2D eigenvalue weighted by Crippen LogP contribution is -2.34. The molecule has 1 atom stereocenters. The van der Waals surface area contributed by atoms with Crippen LogP contribution < -0.4 is 5.32 Å². The first kappa shape index (κ1) is 24.3. The van der Waals surface area contributed by atoms with E-state index in [1.807, 2.05) is 34.6 Å². The number of rotatable bonds is 2. The number of esters is 1. The zero-order valence-electron chi connectivity index (χ0n) is 19.5. The van der Waals surface area contributed by atoms with Crippen molar-refractivity contribution in [3.8, 4) is 0 Å². The Balaban J connectivity index is 2.51. The quantitative estimate of drug-likeness (QED) is 0.650. The molecule has 0 fully saturated rings. The monoisotopic (exact) mass is 479 g/mol. The van der Waals surface area contributed by atoms with E-state index >= 15 is 0 Å². The van der Waals surface area contributed by atoms with Gasteiger partial charge in [0.2, 0.25) is 0 Å². The average Bonchev–Trinajstić information content (AvgIpc) is 2.75. The standard InChI is InChI=1S/C23H29NO6S2/c1-11-9-32(28,29)22-18(10-31(11,26)27)24-17(7)20(23(25)30-8)21(22)19-15(5)13(3)12(2)14(4)16(19)6/h21,24H,1,9-10H2,2-8H3. The van der Waals surface area contributed by atoms with E-state index < -0.39 is 43.1 Å². The molecule has 9 heteroatoms. The molecule has 1 N–H and O–H groups in total. The second-order valence-corrected chi connectivity index (χ2v) is 12.6. The molecule has 0 spiro atoms. The predicted octanol–water partition coefficient (Wildman–Crippen LogP) is 2.93. The summed E-state index contributed by atoms with van der Waals surface area (Å²) >= 11 is 0. The van der Waals surface area contributed by atoms with E-state index in [9.17, 15) is 21.6 Å². The van der Waals surface area contributed by atoms with E-state index in [0.29, 0.717) is 11.3 Å². The van der Waals surface area contributed by atoms with Crippen LogP contribution in [0.25, 0.3) is 0 Å². The summed E-state index contributed by atoms with van der Waals surface area (Å²) in [6.45, 7) is 14.9. The summed E-state index contributed by atoms with van der Waals surface area (Å²) in [5, 5.41) is 2.89. The maximum atomic E-state index is 13.5. The van der Waals surface area contributed by atoms with Crippen molar-refractivity contribution in [3.05, 3.63) is 66.7 Å². The zero-order chi connectivity index (χ0) is 24.3. The van der Waals surface area contributed by atoms with Gasteiger partial charge in [0, 0.05) is 11.4 Å². The SMILES string of the molecule is C=C1CS(=O)(=O)C2=C(CS1(=O)=O)NC(C)=C(C(=O)OC)C2c1c(C)c(C)c(C)c(C)c1C. The second-order valence-electron chi connectivity index (χ2n) is 8.53. The highest BCUT2D eigenvalue weighted by Gasteiger charge is 2.45. The maximum absolute atomic E-state index is 13.5. The van der Waals surface area contributed by atoms with Gasteiger partial charge in [-0.3, -0.25) is 0 Å². The van der Waals surface area contributed by atoms with Crippen molar-refractivity contribution in [1.82, 2.24) is 5.32 Å². The molecule has 0 aliphatic carbocycles. The van der Waals surface area contributed by atoms with Crippen molar-refractivity contribution in [2.24, 2.45) is 0 Å². The number of benzene rings is 1. The largest absolute Gasteiger partial charge is 0.466 e. The van der Waals surface area contributed by atoms with Gasteiger partial charge in [0.15, 0.2) is 19.7 Å². The highest BCUT2D eigenvalue weighted by atomic mass is 32.2. The third kappa shape index (κ3) is 3.61. The minimum Gasteiger partial charge on any atom is -0.466 e. The van der Waals surface area contributed by atoms with Crippen LogP contribution in [-0.2, 0) is 29.2 Å². The van der Waals surface area contributed by atoms with Gasteiger partial charge in [-0.1, -0.05) is 6.58 Å². The summed E-state index contributed by atoms with van der Waals surface area (Å²) in [4.78, 5) is 12.5. The fourth-order valence-corrected chi connectivity index (χ4v) is 8.40. The molecule has 2 heterocycles. The number of carbonyl (C=O) groups excluding carboxylic acids is 1. The molecule has 32 heavy (non-hydrogen) atoms. The Kier molecular flexibility index (Phi) is 5.97. The number of ether oxygens (including phenoxy) is 1. The third-order valence-electron chi connectivity index (χ3n) is 6.80. The number of allylic oxidation sites excluding steroid dienone is 2. The lowest BCUT2D eigenvalue weighted by Gasteiger charge is -2.33. The van der Waals surface area contributed by atoms with Gasteiger partial charge in [0.25, 0.3) is 0 Å². The lowest BCUT2D eigenvalue weighted by atomic mass is 9.78. The topological polar surface area (TPSA) is 107 Å². The Bertz CT molecular complexity index is 1320. The molecule has 2 aliphatic heterocycles. The van der Waals surface area contributed by atoms with Crippen LogP contribution in [0.15, 0.2) is 33.4 Å². The molecule has 174 valence electrons. The van der Waals surface area contributed by atoms with Crippen LogP contribution in [0.4, 0.5) is 0 Å². The number of methoxy groups -OCH3 is 1. The van der Waals surface area contributed by atoms with Crippen molar-refractivity contribution in [1.29, 1.82) is 0 Å². The first-order valence-electron chi connectivity index (χ1n) is 10.1. The van der Waals surface area contributed by atoms with Crippen molar-refractivity contribution >= 4 is 25.6 Å². The first-order valence-corrected chi connectivity index (χ1v) is 13.4. The molecule has 1 aromatic carbocycles. The van der Waals surface area contributed by atoms with Gasteiger partial charge >= 0.3 is 5.97 Å². The number of dihydropyridines is 1. The molecule has 0 radical (unpaired) electrons. The summed E-state index contributed by atoms with van der Waals surface area (Å²) in [6.07, 6.45) is 0. The van der Waals surface area contributed by atoms with E-state index in [0.717, 1.165) is 27.8 Å². The van der Waals surface area contributed by atoms with Crippen molar-refractivity contribution in [2.75, 3.05) is 18.6 Å². The highest BCUT2D eigenvalue weighted by Crippen LogP contribution is 2.47. The number of sulfone groups is 2. The van der Waals surface area contributed by atoms with Gasteiger partial charge in [-0.05, 0) is 74.9 Å². The molecule has 0 amide bonds. The molecule has 0 saturated carbocycles. The fraction of sp³-hybridized carbons (Fsp3) is 0.435.